The summed E-state index contributed by atoms with van der Waals surface area (Å²) in [5.41, 5.74) is 4.19. The lowest BCUT2D eigenvalue weighted by molar-refractivity contribution is 0.0994. The van der Waals surface area contributed by atoms with Gasteiger partial charge in [0.15, 0.2) is 5.78 Å². The Bertz CT molecular complexity index is 815. The molecule has 2 aromatic carbocycles. The van der Waals surface area contributed by atoms with Gasteiger partial charge in [-0.3, -0.25) is 9.78 Å². The number of rotatable bonds is 3. The minimum atomic E-state index is 0.141. The first-order chi connectivity index (χ1) is 10.1. The van der Waals surface area contributed by atoms with E-state index in [0.29, 0.717) is 6.42 Å². The summed E-state index contributed by atoms with van der Waals surface area (Å²) in [7, 11) is 0. The van der Waals surface area contributed by atoms with Gasteiger partial charge >= 0.3 is 0 Å². The van der Waals surface area contributed by atoms with E-state index in [1.54, 1.807) is 12.4 Å². The van der Waals surface area contributed by atoms with E-state index in [1.807, 2.05) is 31.2 Å². The molecule has 0 bridgehead atoms. The van der Waals surface area contributed by atoms with Gasteiger partial charge in [-0.15, -0.1) is 0 Å². The first-order valence-electron chi connectivity index (χ1n) is 7.07. The molecule has 3 aromatic rings. The van der Waals surface area contributed by atoms with Crippen LogP contribution in [0.4, 0.5) is 0 Å². The molecule has 0 aliphatic carbocycles. The number of aryl methyl sites for hydroxylation is 2. The minimum absolute atomic E-state index is 0.141. The van der Waals surface area contributed by atoms with Gasteiger partial charge in [-0.25, -0.2) is 0 Å². The number of carbonyl (C=O) groups excluding carboxylic acids is 1. The summed E-state index contributed by atoms with van der Waals surface area (Å²) in [6.07, 6.45) is 3.95. The lowest BCUT2D eigenvalue weighted by atomic mass is 9.95. The van der Waals surface area contributed by atoms with Crippen molar-refractivity contribution in [2.24, 2.45) is 0 Å². The van der Waals surface area contributed by atoms with Crippen LogP contribution >= 0.6 is 0 Å². The molecule has 0 fully saturated rings. The highest BCUT2D eigenvalue weighted by atomic mass is 16.1. The first-order valence-corrected chi connectivity index (χ1v) is 7.07. The Morgan fingerprint density at radius 1 is 1.10 bits per heavy atom. The third kappa shape index (κ3) is 2.70. The average Bonchev–Trinajstić information content (AvgIpc) is 2.50. The van der Waals surface area contributed by atoms with E-state index in [2.05, 4.69) is 30.1 Å². The van der Waals surface area contributed by atoms with Crippen LogP contribution in [-0.2, 0) is 6.42 Å². The van der Waals surface area contributed by atoms with Gasteiger partial charge < -0.3 is 0 Å². The number of benzene rings is 2. The zero-order valence-corrected chi connectivity index (χ0v) is 12.3. The number of fused-ring (bicyclic) bond motifs is 1. The van der Waals surface area contributed by atoms with E-state index in [4.69, 9.17) is 0 Å². The molecule has 2 nitrogen and oxygen atoms in total. The van der Waals surface area contributed by atoms with Crippen LogP contribution in [0.15, 0.2) is 54.9 Å². The number of Topliss-reactive ketones (excluding diaryl/α,β-unsaturated/α-hetero) is 1. The van der Waals surface area contributed by atoms with E-state index in [9.17, 15) is 4.79 Å². The van der Waals surface area contributed by atoms with Gasteiger partial charge in [0.05, 0.1) is 0 Å². The molecule has 0 amide bonds. The fourth-order valence-electron chi connectivity index (χ4n) is 2.62. The van der Waals surface area contributed by atoms with Crippen molar-refractivity contribution in [3.63, 3.8) is 0 Å². The Balaban J connectivity index is 1.99. The number of aromatic nitrogens is 1. The molecule has 21 heavy (non-hydrogen) atoms. The van der Waals surface area contributed by atoms with Gasteiger partial charge in [-0.05, 0) is 36.4 Å². The largest absolute Gasteiger partial charge is 0.294 e. The van der Waals surface area contributed by atoms with Crippen molar-refractivity contribution in [1.82, 2.24) is 4.98 Å². The summed E-state index contributed by atoms with van der Waals surface area (Å²) in [5, 5.41) is 1.98. The Morgan fingerprint density at radius 2 is 1.95 bits per heavy atom. The molecule has 0 unspecified atom stereocenters. The number of hydrogen-bond donors (Lipinski definition) is 0. The fourth-order valence-corrected chi connectivity index (χ4v) is 2.62. The van der Waals surface area contributed by atoms with E-state index in [1.165, 1.54) is 5.56 Å². The van der Waals surface area contributed by atoms with E-state index in [0.717, 1.165) is 27.5 Å². The zero-order valence-electron chi connectivity index (χ0n) is 12.3. The lowest BCUT2D eigenvalue weighted by Gasteiger charge is -2.08. The van der Waals surface area contributed by atoms with Crippen LogP contribution < -0.4 is 0 Å². The summed E-state index contributed by atoms with van der Waals surface area (Å²) < 4.78 is 0. The van der Waals surface area contributed by atoms with Gasteiger partial charge in [-0.1, -0.05) is 42.0 Å². The molecule has 1 heterocycles. The number of ketones is 1. The highest BCUT2D eigenvalue weighted by Gasteiger charge is 2.12. The Hall–Kier alpha value is -2.48. The molecule has 0 aliphatic rings. The predicted molar refractivity (Wildman–Crippen MR) is 85.7 cm³/mol. The van der Waals surface area contributed by atoms with Crippen molar-refractivity contribution < 1.29 is 4.79 Å². The molecular weight excluding hydrogens is 258 g/mol. The minimum Gasteiger partial charge on any atom is -0.294 e. The first kappa shape index (κ1) is 13.5. The summed E-state index contributed by atoms with van der Waals surface area (Å²) in [6, 6.07) is 14.0. The van der Waals surface area contributed by atoms with Crippen LogP contribution in [0.25, 0.3) is 10.8 Å². The topological polar surface area (TPSA) is 30.0 Å². The quantitative estimate of drug-likeness (QED) is 0.668. The number of pyridine rings is 1. The molecule has 0 atom stereocenters. The number of carbonyl (C=O) groups is 1. The molecular formula is C19H17NO. The van der Waals surface area contributed by atoms with E-state index < -0.39 is 0 Å². The van der Waals surface area contributed by atoms with Gasteiger partial charge in [-0.2, -0.15) is 0 Å². The summed E-state index contributed by atoms with van der Waals surface area (Å²) in [5.74, 6) is 0.141. The van der Waals surface area contributed by atoms with Crippen molar-refractivity contribution in [2.75, 3.05) is 0 Å². The number of nitrogens with zero attached hydrogens (tertiary/aromatic N) is 1. The maximum absolute atomic E-state index is 12.7. The standard InChI is InChI=1S/C19H17NO/c1-13-6-7-14(2)16(10-13)11-19(21)17-5-3-4-15-8-9-20-12-18(15)17/h3-10,12H,11H2,1-2H3. The molecule has 104 valence electrons. The Kier molecular flexibility index (Phi) is 3.53. The van der Waals surface area contributed by atoms with Crippen LogP contribution in [0.1, 0.15) is 27.0 Å². The molecule has 0 saturated carbocycles. The summed E-state index contributed by atoms with van der Waals surface area (Å²) >= 11 is 0. The van der Waals surface area contributed by atoms with Crippen LogP contribution in [0.3, 0.4) is 0 Å². The van der Waals surface area contributed by atoms with Gasteiger partial charge in [0.25, 0.3) is 0 Å². The van der Waals surface area contributed by atoms with Crippen LogP contribution in [0, 0.1) is 13.8 Å². The van der Waals surface area contributed by atoms with E-state index in [-0.39, 0.29) is 5.78 Å². The maximum atomic E-state index is 12.7. The van der Waals surface area contributed by atoms with Crippen molar-refractivity contribution in [3.8, 4) is 0 Å². The van der Waals surface area contributed by atoms with Gasteiger partial charge in [0, 0.05) is 29.8 Å². The van der Waals surface area contributed by atoms with Gasteiger partial charge in [0.1, 0.15) is 0 Å². The third-order valence-electron chi connectivity index (χ3n) is 3.84. The second-order valence-corrected chi connectivity index (χ2v) is 5.43. The molecule has 0 radical (unpaired) electrons. The molecule has 0 spiro atoms. The second kappa shape index (κ2) is 5.49. The highest BCUT2D eigenvalue weighted by molar-refractivity contribution is 6.08. The monoisotopic (exact) mass is 275 g/mol. The maximum Gasteiger partial charge on any atom is 0.167 e. The van der Waals surface area contributed by atoms with Crippen molar-refractivity contribution >= 4 is 16.6 Å². The molecule has 2 heteroatoms. The SMILES string of the molecule is Cc1ccc(C)c(CC(=O)c2cccc3ccncc23)c1. The highest BCUT2D eigenvalue weighted by Crippen LogP contribution is 2.20. The number of hydrogen-bond acceptors (Lipinski definition) is 2. The predicted octanol–water partition coefficient (Wildman–Crippen LogP) is 4.28. The molecule has 0 N–H and O–H groups in total. The second-order valence-electron chi connectivity index (χ2n) is 5.43. The van der Waals surface area contributed by atoms with Gasteiger partial charge in [0.2, 0.25) is 0 Å². The molecule has 0 saturated heterocycles. The Morgan fingerprint density at radius 3 is 2.81 bits per heavy atom. The van der Waals surface area contributed by atoms with Crippen molar-refractivity contribution in [3.05, 3.63) is 77.1 Å². The smallest absolute Gasteiger partial charge is 0.167 e. The summed E-state index contributed by atoms with van der Waals surface area (Å²) in [4.78, 5) is 16.8. The van der Waals surface area contributed by atoms with Crippen LogP contribution in [-0.4, -0.2) is 10.8 Å². The molecule has 0 aliphatic heterocycles. The van der Waals surface area contributed by atoms with Crippen molar-refractivity contribution in [2.45, 2.75) is 20.3 Å². The van der Waals surface area contributed by atoms with E-state index >= 15 is 0 Å². The lowest BCUT2D eigenvalue weighted by Crippen LogP contribution is -2.06. The van der Waals surface area contributed by atoms with Crippen LogP contribution in [0.2, 0.25) is 0 Å². The summed E-state index contributed by atoms with van der Waals surface area (Å²) in [6.45, 7) is 4.10. The fraction of sp³-hybridized carbons (Fsp3) is 0.158. The Labute approximate surface area is 124 Å². The van der Waals surface area contributed by atoms with Crippen LogP contribution in [0.5, 0.6) is 0 Å². The van der Waals surface area contributed by atoms with Crippen molar-refractivity contribution in [1.29, 1.82) is 0 Å². The average molecular weight is 275 g/mol. The zero-order chi connectivity index (χ0) is 14.8. The molecule has 1 aromatic heterocycles. The third-order valence-corrected chi connectivity index (χ3v) is 3.84. The molecule has 3 rings (SSSR count). The normalized spacial score (nSPS) is 10.8.